The zero-order chi connectivity index (χ0) is 18.3. The predicted molar refractivity (Wildman–Crippen MR) is 97.1 cm³/mol. The van der Waals surface area contributed by atoms with E-state index in [1.165, 1.54) is 0 Å². The molecule has 130 valence electrons. The van der Waals surface area contributed by atoms with Gasteiger partial charge in [-0.2, -0.15) is 0 Å². The van der Waals surface area contributed by atoms with E-state index in [0.717, 1.165) is 16.9 Å². The number of halogens is 1. The van der Waals surface area contributed by atoms with Gasteiger partial charge in [0.05, 0.1) is 11.3 Å². The highest BCUT2D eigenvalue weighted by molar-refractivity contribution is 6.30. The standard InChI is InChI=1S/C19H14ClN3O3/c20-13-5-7-14(8-6-13)23-10-21-17-15(9-16(24)22-18(17)23)11-1-3-12(4-2-11)19(25)26/h1-8,10,15H,9H2,(H,22,24)(H,25,26)/t15-/m1/s1. The third-order valence-corrected chi connectivity index (χ3v) is 4.69. The first kappa shape index (κ1) is 16.4. The SMILES string of the molecule is O=C1C[C@H](c2ccc(C(=O)O)cc2)c2ncn(-c3ccc(Cl)cc3)c2N1. The maximum atomic E-state index is 12.3. The molecule has 0 unspecified atom stereocenters. The molecule has 1 aliphatic rings. The largest absolute Gasteiger partial charge is 0.478 e. The van der Waals surface area contributed by atoms with Gasteiger partial charge in [-0.05, 0) is 42.0 Å². The van der Waals surface area contributed by atoms with Gasteiger partial charge in [0.15, 0.2) is 0 Å². The van der Waals surface area contributed by atoms with Crippen molar-refractivity contribution < 1.29 is 14.7 Å². The van der Waals surface area contributed by atoms with Crippen LogP contribution in [0.4, 0.5) is 5.82 Å². The zero-order valence-electron chi connectivity index (χ0n) is 13.5. The number of benzene rings is 2. The number of imidazole rings is 1. The lowest BCUT2D eigenvalue weighted by Gasteiger charge is -2.23. The summed E-state index contributed by atoms with van der Waals surface area (Å²) < 4.78 is 1.81. The van der Waals surface area contributed by atoms with Crippen LogP contribution in [0.15, 0.2) is 54.9 Å². The Morgan fingerprint density at radius 1 is 1.15 bits per heavy atom. The van der Waals surface area contributed by atoms with Gasteiger partial charge in [-0.15, -0.1) is 0 Å². The van der Waals surface area contributed by atoms with Gasteiger partial charge in [0, 0.05) is 23.0 Å². The molecule has 1 aromatic heterocycles. The normalized spacial score (nSPS) is 16.0. The number of carbonyl (C=O) groups excluding carboxylic acids is 1. The fourth-order valence-electron chi connectivity index (χ4n) is 3.14. The lowest BCUT2D eigenvalue weighted by Crippen LogP contribution is -2.24. The molecule has 0 radical (unpaired) electrons. The number of amides is 1. The molecule has 0 bridgehead atoms. The van der Waals surface area contributed by atoms with Crippen LogP contribution in [0.3, 0.4) is 0 Å². The molecule has 0 aliphatic carbocycles. The highest BCUT2D eigenvalue weighted by atomic mass is 35.5. The molecule has 0 saturated carbocycles. The first-order valence-electron chi connectivity index (χ1n) is 7.99. The number of aromatic nitrogens is 2. The fourth-order valence-corrected chi connectivity index (χ4v) is 3.26. The molecular formula is C19H14ClN3O3. The summed E-state index contributed by atoms with van der Waals surface area (Å²) in [5, 5.41) is 12.6. The van der Waals surface area contributed by atoms with Crippen molar-refractivity contribution in [2.24, 2.45) is 0 Å². The molecule has 4 rings (SSSR count). The highest BCUT2D eigenvalue weighted by Crippen LogP contribution is 2.37. The Labute approximate surface area is 154 Å². The van der Waals surface area contributed by atoms with Crippen molar-refractivity contribution >= 4 is 29.3 Å². The quantitative estimate of drug-likeness (QED) is 0.739. The van der Waals surface area contributed by atoms with E-state index in [9.17, 15) is 9.59 Å². The molecule has 6 nitrogen and oxygen atoms in total. The monoisotopic (exact) mass is 367 g/mol. The third kappa shape index (κ3) is 2.84. The van der Waals surface area contributed by atoms with E-state index in [1.807, 2.05) is 12.1 Å². The average molecular weight is 368 g/mol. The molecule has 26 heavy (non-hydrogen) atoms. The highest BCUT2D eigenvalue weighted by Gasteiger charge is 2.31. The molecule has 1 aliphatic heterocycles. The molecule has 2 N–H and O–H groups in total. The minimum absolute atomic E-state index is 0.111. The van der Waals surface area contributed by atoms with Crippen LogP contribution < -0.4 is 5.32 Å². The van der Waals surface area contributed by atoms with Crippen LogP contribution >= 0.6 is 11.6 Å². The predicted octanol–water partition coefficient (Wildman–Crippen LogP) is 3.70. The Kier molecular flexibility index (Phi) is 3.97. The van der Waals surface area contributed by atoms with Gasteiger partial charge < -0.3 is 10.4 Å². The Morgan fingerprint density at radius 2 is 1.85 bits per heavy atom. The Hall–Kier alpha value is -3.12. The van der Waals surface area contributed by atoms with Crippen LogP contribution in [0.5, 0.6) is 0 Å². The van der Waals surface area contributed by atoms with Gasteiger partial charge in [0.25, 0.3) is 0 Å². The van der Waals surface area contributed by atoms with E-state index >= 15 is 0 Å². The lowest BCUT2D eigenvalue weighted by molar-refractivity contribution is -0.116. The molecule has 0 fully saturated rings. The lowest BCUT2D eigenvalue weighted by atomic mass is 9.89. The summed E-state index contributed by atoms with van der Waals surface area (Å²) in [7, 11) is 0. The molecular weight excluding hydrogens is 354 g/mol. The Balaban J connectivity index is 1.76. The van der Waals surface area contributed by atoms with Crippen LogP contribution in [0.25, 0.3) is 5.69 Å². The number of anilines is 1. The summed E-state index contributed by atoms with van der Waals surface area (Å²) in [5.74, 6) is -0.697. The summed E-state index contributed by atoms with van der Waals surface area (Å²) in [6.45, 7) is 0. The number of nitrogens with one attached hydrogen (secondary N) is 1. The zero-order valence-corrected chi connectivity index (χ0v) is 14.3. The van der Waals surface area contributed by atoms with Crippen molar-refractivity contribution in [1.29, 1.82) is 0 Å². The van der Waals surface area contributed by atoms with Gasteiger partial charge in [0.1, 0.15) is 12.1 Å². The van der Waals surface area contributed by atoms with Crippen molar-refractivity contribution in [3.05, 3.63) is 76.7 Å². The fraction of sp³-hybridized carbons (Fsp3) is 0.105. The van der Waals surface area contributed by atoms with Crippen LogP contribution in [0.1, 0.15) is 34.0 Å². The summed E-state index contributed by atoms with van der Waals surface area (Å²) in [6, 6.07) is 13.8. The number of carbonyl (C=O) groups is 2. The summed E-state index contributed by atoms with van der Waals surface area (Å²) in [5.41, 5.74) is 2.65. The molecule has 3 aromatic rings. The van der Waals surface area contributed by atoms with Crippen molar-refractivity contribution in [2.75, 3.05) is 5.32 Å². The van der Waals surface area contributed by atoms with E-state index in [2.05, 4.69) is 10.3 Å². The third-order valence-electron chi connectivity index (χ3n) is 4.44. The summed E-state index contributed by atoms with van der Waals surface area (Å²) in [4.78, 5) is 27.8. The molecule has 0 spiro atoms. The minimum Gasteiger partial charge on any atom is -0.478 e. The van der Waals surface area contributed by atoms with E-state index in [4.69, 9.17) is 16.7 Å². The van der Waals surface area contributed by atoms with Crippen molar-refractivity contribution in [3.8, 4) is 5.69 Å². The number of nitrogens with zero attached hydrogens (tertiary/aromatic N) is 2. The second-order valence-electron chi connectivity index (χ2n) is 6.06. The van der Waals surface area contributed by atoms with Crippen molar-refractivity contribution in [3.63, 3.8) is 0 Å². The van der Waals surface area contributed by atoms with E-state index in [-0.39, 0.29) is 23.8 Å². The van der Waals surface area contributed by atoms with Crippen LogP contribution in [-0.2, 0) is 4.79 Å². The van der Waals surface area contributed by atoms with Gasteiger partial charge in [0.2, 0.25) is 5.91 Å². The first-order chi connectivity index (χ1) is 12.5. The number of fused-ring (bicyclic) bond motifs is 1. The van der Waals surface area contributed by atoms with Gasteiger partial charge in [-0.3, -0.25) is 9.36 Å². The number of hydrogen-bond donors (Lipinski definition) is 2. The van der Waals surface area contributed by atoms with Crippen LogP contribution in [-0.4, -0.2) is 26.5 Å². The smallest absolute Gasteiger partial charge is 0.335 e. The summed E-state index contributed by atoms with van der Waals surface area (Å²) >= 11 is 5.94. The first-order valence-corrected chi connectivity index (χ1v) is 8.37. The second-order valence-corrected chi connectivity index (χ2v) is 6.49. The van der Waals surface area contributed by atoms with E-state index in [0.29, 0.717) is 10.8 Å². The molecule has 7 heteroatoms. The molecule has 2 aromatic carbocycles. The topological polar surface area (TPSA) is 84.2 Å². The number of aromatic carboxylic acids is 1. The molecule has 2 heterocycles. The molecule has 1 atom stereocenters. The minimum atomic E-state index is -0.981. The number of rotatable bonds is 3. The van der Waals surface area contributed by atoms with Crippen molar-refractivity contribution in [1.82, 2.24) is 9.55 Å². The Morgan fingerprint density at radius 3 is 2.50 bits per heavy atom. The number of carboxylic acids is 1. The van der Waals surface area contributed by atoms with E-state index in [1.54, 1.807) is 47.3 Å². The number of carboxylic acid groups (broad SMARTS) is 1. The summed E-state index contributed by atoms with van der Waals surface area (Å²) in [6.07, 6.45) is 1.93. The van der Waals surface area contributed by atoms with Gasteiger partial charge in [-0.1, -0.05) is 23.7 Å². The molecule has 0 saturated heterocycles. The second kappa shape index (κ2) is 6.31. The average Bonchev–Trinajstić information content (AvgIpc) is 3.05. The maximum absolute atomic E-state index is 12.3. The van der Waals surface area contributed by atoms with Crippen molar-refractivity contribution in [2.45, 2.75) is 12.3 Å². The van der Waals surface area contributed by atoms with Gasteiger partial charge >= 0.3 is 5.97 Å². The number of hydrogen-bond acceptors (Lipinski definition) is 3. The van der Waals surface area contributed by atoms with Crippen LogP contribution in [0.2, 0.25) is 5.02 Å². The van der Waals surface area contributed by atoms with E-state index < -0.39 is 5.97 Å². The molecule has 1 amide bonds. The van der Waals surface area contributed by atoms with Crippen LogP contribution in [0, 0.1) is 0 Å². The van der Waals surface area contributed by atoms with Gasteiger partial charge in [-0.25, -0.2) is 9.78 Å². The Bertz CT molecular complexity index is 994. The maximum Gasteiger partial charge on any atom is 0.335 e.